The van der Waals surface area contributed by atoms with Gasteiger partial charge in [0.05, 0.1) is 17.7 Å². The molecule has 1 aromatic heterocycles. The van der Waals surface area contributed by atoms with Crippen LogP contribution in [-0.2, 0) is 0 Å². The van der Waals surface area contributed by atoms with E-state index >= 15 is 0 Å². The van der Waals surface area contributed by atoms with Crippen molar-refractivity contribution in [1.82, 2.24) is 25.8 Å². The summed E-state index contributed by atoms with van der Waals surface area (Å²) in [6.07, 6.45) is 6.66. The highest BCUT2D eigenvalue weighted by Gasteiger charge is 2.30. The van der Waals surface area contributed by atoms with Gasteiger partial charge in [-0.05, 0) is 33.1 Å². The Labute approximate surface area is 189 Å². The minimum absolute atomic E-state index is 0. The number of aryl methyl sites for hydroxylation is 1. The second-order valence-corrected chi connectivity index (χ2v) is 8.20. The molecule has 0 bridgehead atoms. The Balaban J connectivity index is 0.00000280. The van der Waals surface area contributed by atoms with Crippen LogP contribution >= 0.6 is 35.3 Å². The fraction of sp³-hybridized carbons (Fsp3) is 0.737. The smallest absolute Gasteiger partial charge is 0.263 e. The van der Waals surface area contributed by atoms with Gasteiger partial charge >= 0.3 is 0 Å². The molecule has 28 heavy (non-hydrogen) atoms. The maximum Gasteiger partial charge on any atom is 0.263 e. The molecule has 0 spiro atoms. The number of halogens is 1. The van der Waals surface area contributed by atoms with Crippen LogP contribution in [0.15, 0.2) is 10.5 Å². The zero-order chi connectivity index (χ0) is 19.1. The number of rotatable bonds is 7. The summed E-state index contributed by atoms with van der Waals surface area (Å²) >= 11 is 1.37. The molecule has 2 fully saturated rings. The molecule has 1 aromatic rings. The number of carbonyl (C=O) groups excluding carboxylic acids is 1. The van der Waals surface area contributed by atoms with Gasteiger partial charge in [-0.3, -0.25) is 14.7 Å². The van der Waals surface area contributed by atoms with Gasteiger partial charge in [0.1, 0.15) is 4.88 Å². The first-order valence-corrected chi connectivity index (χ1v) is 11.0. The van der Waals surface area contributed by atoms with Crippen LogP contribution in [0.4, 0.5) is 0 Å². The molecule has 1 aliphatic carbocycles. The molecule has 2 aliphatic rings. The largest absolute Gasteiger partial charge is 0.357 e. The summed E-state index contributed by atoms with van der Waals surface area (Å²) in [5.41, 5.74) is 2.48. The minimum Gasteiger partial charge on any atom is -0.357 e. The van der Waals surface area contributed by atoms with Crippen molar-refractivity contribution in [2.75, 3.05) is 32.7 Å². The van der Waals surface area contributed by atoms with Crippen LogP contribution < -0.4 is 16.0 Å². The summed E-state index contributed by atoms with van der Waals surface area (Å²) in [4.78, 5) is 24.2. The Morgan fingerprint density at radius 3 is 2.79 bits per heavy atom. The van der Waals surface area contributed by atoms with E-state index in [1.54, 1.807) is 5.51 Å². The Hall–Kier alpha value is -0.940. The number of guanidine groups is 1. The van der Waals surface area contributed by atoms with Gasteiger partial charge < -0.3 is 16.0 Å². The molecule has 1 atom stereocenters. The number of hydrogen-bond donors (Lipinski definition) is 3. The van der Waals surface area contributed by atoms with Crippen molar-refractivity contribution in [1.29, 1.82) is 0 Å². The number of likely N-dealkylation sites (tertiary alicyclic amines) is 1. The van der Waals surface area contributed by atoms with E-state index in [1.807, 2.05) is 6.92 Å². The second-order valence-electron chi connectivity index (χ2n) is 7.35. The van der Waals surface area contributed by atoms with Crippen LogP contribution in [0.1, 0.15) is 54.4 Å². The van der Waals surface area contributed by atoms with E-state index in [0.29, 0.717) is 24.0 Å². The van der Waals surface area contributed by atoms with Crippen LogP contribution in [0, 0.1) is 6.92 Å². The topological polar surface area (TPSA) is 81.6 Å². The molecule has 1 saturated heterocycles. The van der Waals surface area contributed by atoms with Gasteiger partial charge in [-0.2, -0.15) is 0 Å². The summed E-state index contributed by atoms with van der Waals surface area (Å²) < 4.78 is 0. The van der Waals surface area contributed by atoms with E-state index < -0.39 is 0 Å². The third-order valence-electron chi connectivity index (χ3n) is 5.36. The number of thiazole rings is 1. The Kier molecular flexibility index (Phi) is 9.93. The molecule has 3 N–H and O–H groups in total. The average Bonchev–Trinajstić information content (AvgIpc) is 3.39. The lowest BCUT2D eigenvalue weighted by atomic mass is 10.2. The van der Waals surface area contributed by atoms with Crippen molar-refractivity contribution in [2.45, 2.75) is 58.0 Å². The molecular formula is C19H33IN6OS. The third-order valence-corrected chi connectivity index (χ3v) is 6.29. The van der Waals surface area contributed by atoms with E-state index in [-0.39, 0.29) is 29.9 Å². The first kappa shape index (κ1) is 23.3. The zero-order valence-corrected chi connectivity index (χ0v) is 20.0. The van der Waals surface area contributed by atoms with Gasteiger partial charge in [0.25, 0.3) is 5.91 Å². The van der Waals surface area contributed by atoms with Gasteiger partial charge in [0.2, 0.25) is 0 Å². The summed E-state index contributed by atoms with van der Waals surface area (Å²) in [5, 5.41) is 9.81. The lowest BCUT2D eigenvalue weighted by Gasteiger charge is -2.24. The highest BCUT2D eigenvalue weighted by Crippen LogP contribution is 2.26. The molecular weight excluding hydrogens is 487 g/mol. The molecule has 9 heteroatoms. The van der Waals surface area contributed by atoms with E-state index in [4.69, 9.17) is 0 Å². The van der Waals surface area contributed by atoms with E-state index in [9.17, 15) is 4.79 Å². The number of aromatic nitrogens is 1. The van der Waals surface area contributed by atoms with Gasteiger partial charge in [0, 0.05) is 38.3 Å². The molecule has 1 saturated carbocycles. The molecule has 7 nitrogen and oxygen atoms in total. The van der Waals surface area contributed by atoms with Gasteiger partial charge in [-0.15, -0.1) is 35.3 Å². The van der Waals surface area contributed by atoms with Crippen LogP contribution in [0.25, 0.3) is 0 Å². The minimum atomic E-state index is -0.0637. The Morgan fingerprint density at radius 1 is 1.32 bits per heavy atom. The third kappa shape index (κ3) is 6.55. The van der Waals surface area contributed by atoms with Gasteiger partial charge in [0.15, 0.2) is 5.96 Å². The fourth-order valence-electron chi connectivity index (χ4n) is 3.96. The number of hydrogen-bond acceptors (Lipinski definition) is 5. The predicted octanol–water partition coefficient (Wildman–Crippen LogP) is 2.37. The molecule has 1 aliphatic heterocycles. The number of nitrogens with one attached hydrogen (secondary N) is 3. The van der Waals surface area contributed by atoms with Crippen molar-refractivity contribution >= 4 is 47.2 Å². The molecule has 0 radical (unpaired) electrons. The fourth-order valence-corrected chi connectivity index (χ4v) is 4.68. The van der Waals surface area contributed by atoms with Crippen LogP contribution in [0.5, 0.6) is 0 Å². The molecule has 2 heterocycles. The Bertz CT molecular complexity index is 646. The Morgan fingerprint density at radius 2 is 2.11 bits per heavy atom. The van der Waals surface area contributed by atoms with Crippen LogP contribution in [0.3, 0.4) is 0 Å². The standard InChI is InChI=1S/C19H32N6OS.HI/c1-3-20-19(22-10-9-21-18(26)17-14(2)23-13-27-17)24-15-8-11-25(12-15)16-6-4-5-7-16;/h13,15-16H,3-12H2,1-2H3,(H,21,26)(H2,20,22,24);1H. The van der Waals surface area contributed by atoms with Crippen LogP contribution in [-0.4, -0.2) is 66.6 Å². The summed E-state index contributed by atoms with van der Waals surface area (Å²) in [5.74, 6) is 0.783. The van der Waals surface area contributed by atoms with Gasteiger partial charge in [-0.1, -0.05) is 12.8 Å². The van der Waals surface area contributed by atoms with E-state index in [1.165, 1.54) is 50.0 Å². The number of nitrogens with zero attached hydrogens (tertiary/aromatic N) is 3. The lowest BCUT2D eigenvalue weighted by molar-refractivity contribution is 0.0958. The molecule has 3 rings (SSSR count). The molecule has 1 amide bonds. The maximum absolute atomic E-state index is 12.1. The zero-order valence-electron chi connectivity index (χ0n) is 16.9. The number of amides is 1. The highest BCUT2D eigenvalue weighted by molar-refractivity contribution is 14.0. The van der Waals surface area contributed by atoms with Gasteiger partial charge in [-0.25, -0.2) is 4.98 Å². The van der Waals surface area contributed by atoms with Crippen molar-refractivity contribution < 1.29 is 4.79 Å². The van der Waals surface area contributed by atoms with Crippen molar-refractivity contribution in [3.8, 4) is 0 Å². The molecule has 1 unspecified atom stereocenters. The van der Waals surface area contributed by atoms with E-state index in [2.05, 4.69) is 37.8 Å². The average molecular weight is 520 g/mol. The maximum atomic E-state index is 12.1. The van der Waals surface area contributed by atoms with Crippen molar-refractivity contribution in [3.05, 3.63) is 16.1 Å². The summed E-state index contributed by atoms with van der Waals surface area (Å²) in [6, 6.07) is 1.25. The normalized spacial score (nSPS) is 20.8. The lowest BCUT2D eigenvalue weighted by Crippen LogP contribution is -2.45. The van der Waals surface area contributed by atoms with Crippen molar-refractivity contribution in [2.24, 2.45) is 4.99 Å². The number of carbonyl (C=O) groups is 1. The number of aliphatic imine (C=N–C) groups is 1. The molecule has 158 valence electrons. The first-order valence-electron chi connectivity index (χ1n) is 10.1. The first-order chi connectivity index (χ1) is 13.2. The summed E-state index contributed by atoms with van der Waals surface area (Å²) in [6.45, 7) is 8.13. The van der Waals surface area contributed by atoms with Crippen molar-refractivity contribution in [3.63, 3.8) is 0 Å². The predicted molar refractivity (Wildman–Crippen MR) is 126 cm³/mol. The highest BCUT2D eigenvalue weighted by atomic mass is 127. The SMILES string of the molecule is CCNC(=NCCNC(=O)c1scnc1C)NC1CCN(C2CCCC2)C1.I. The quantitative estimate of drug-likeness (QED) is 0.223. The van der Waals surface area contributed by atoms with Crippen LogP contribution in [0.2, 0.25) is 0 Å². The second kappa shape index (κ2) is 11.9. The monoisotopic (exact) mass is 520 g/mol. The summed E-state index contributed by atoms with van der Waals surface area (Å²) in [7, 11) is 0. The van der Waals surface area contributed by atoms with E-state index in [0.717, 1.165) is 30.8 Å². The molecule has 0 aromatic carbocycles.